The number of fused-ring (bicyclic) bond motifs is 2. The zero-order valence-electron chi connectivity index (χ0n) is 13.8. The van der Waals surface area contributed by atoms with Crippen molar-refractivity contribution in [1.82, 2.24) is 5.32 Å². The fourth-order valence-corrected chi connectivity index (χ4v) is 5.30. The van der Waals surface area contributed by atoms with Crippen molar-refractivity contribution in [3.63, 3.8) is 0 Å². The zero-order chi connectivity index (χ0) is 16.9. The average molecular weight is 368 g/mol. The molecule has 2 saturated carbocycles. The van der Waals surface area contributed by atoms with E-state index in [1.807, 2.05) is 19.1 Å². The van der Waals surface area contributed by atoms with Crippen molar-refractivity contribution in [1.29, 1.82) is 0 Å². The Morgan fingerprint density at radius 2 is 2.21 bits per heavy atom. The van der Waals surface area contributed by atoms with E-state index in [0.717, 1.165) is 18.6 Å². The van der Waals surface area contributed by atoms with E-state index in [0.29, 0.717) is 34.1 Å². The second kappa shape index (κ2) is 6.08. The molecule has 1 heterocycles. The molecule has 1 aliphatic heterocycles. The highest BCUT2D eigenvalue weighted by Gasteiger charge is 2.66. The monoisotopic (exact) mass is 367 g/mol. The van der Waals surface area contributed by atoms with Crippen molar-refractivity contribution in [3.8, 4) is 0 Å². The minimum absolute atomic E-state index is 0.0217. The first-order valence-electron chi connectivity index (χ1n) is 8.67. The number of nitrogens with two attached hydrogens (primary N) is 1. The third-order valence-electron chi connectivity index (χ3n) is 6.05. The van der Waals surface area contributed by atoms with Gasteiger partial charge in [0.1, 0.15) is 0 Å². The summed E-state index contributed by atoms with van der Waals surface area (Å²) in [6.07, 6.45) is 5.23. The van der Waals surface area contributed by atoms with E-state index in [9.17, 15) is 0 Å². The Morgan fingerprint density at radius 3 is 2.88 bits per heavy atom. The van der Waals surface area contributed by atoms with Gasteiger partial charge >= 0.3 is 0 Å². The highest BCUT2D eigenvalue weighted by molar-refractivity contribution is 6.35. The van der Waals surface area contributed by atoms with Gasteiger partial charge in [-0.1, -0.05) is 35.7 Å². The molecule has 0 aromatic heterocycles. The van der Waals surface area contributed by atoms with Crippen molar-refractivity contribution in [3.05, 3.63) is 33.8 Å². The van der Waals surface area contributed by atoms with Gasteiger partial charge in [0.25, 0.3) is 0 Å². The van der Waals surface area contributed by atoms with Crippen LogP contribution in [0.4, 0.5) is 0 Å². The van der Waals surface area contributed by atoms with Crippen LogP contribution in [-0.2, 0) is 4.74 Å². The summed E-state index contributed by atoms with van der Waals surface area (Å²) in [5, 5.41) is 4.55. The molecule has 4 unspecified atom stereocenters. The first-order chi connectivity index (χ1) is 11.5. The molecule has 4 rings (SSSR count). The molecular formula is C18H23Cl2N3O. The molecule has 1 spiro atoms. The second-order valence-corrected chi connectivity index (χ2v) is 8.17. The SMILES string of the molecule is CC(NC(N)=NC1C2CCOC2C12CCC2)c1ccc(Cl)cc1Cl. The average Bonchev–Trinajstić information content (AvgIpc) is 2.88. The Hall–Kier alpha value is -0.970. The molecule has 0 amide bonds. The minimum Gasteiger partial charge on any atom is -0.377 e. The van der Waals surface area contributed by atoms with E-state index in [1.165, 1.54) is 19.3 Å². The minimum atomic E-state index is -0.0217. The van der Waals surface area contributed by atoms with Crippen LogP contribution in [0.25, 0.3) is 0 Å². The molecule has 1 aromatic rings. The number of ether oxygens (including phenoxy) is 1. The van der Waals surface area contributed by atoms with Gasteiger partial charge in [0.2, 0.25) is 0 Å². The topological polar surface area (TPSA) is 59.6 Å². The van der Waals surface area contributed by atoms with Gasteiger partial charge in [0.05, 0.1) is 18.2 Å². The van der Waals surface area contributed by atoms with Crippen LogP contribution in [0.2, 0.25) is 10.0 Å². The molecule has 6 heteroatoms. The van der Waals surface area contributed by atoms with Crippen LogP contribution in [0.5, 0.6) is 0 Å². The highest BCUT2D eigenvalue weighted by atomic mass is 35.5. The van der Waals surface area contributed by atoms with Gasteiger partial charge in [0.15, 0.2) is 5.96 Å². The maximum absolute atomic E-state index is 6.28. The quantitative estimate of drug-likeness (QED) is 0.628. The normalized spacial score (nSPS) is 32.0. The standard InChI is InChI=1S/C18H23Cl2N3O/c1-10(12-4-3-11(19)9-14(12)20)22-17(21)23-15-13-5-8-24-16(13)18(15)6-2-7-18/h3-4,9-10,13,15-16H,2,5-8H2,1H3,(H3,21,22,23). The van der Waals surface area contributed by atoms with Crippen molar-refractivity contribution in [2.45, 2.75) is 50.8 Å². The summed E-state index contributed by atoms with van der Waals surface area (Å²) in [5.41, 5.74) is 7.44. The molecule has 4 nitrogen and oxygen atoms in total. The molecule has 0 radical (unpaired) electrons. The third-order valence-corrected chi connectivity index (χ3v) is 6.62. The largest absolute Gasteiger partial charge is 0.377 e. The fraction of sp³-hybridized carbons (Fsp3) is 0.611. The first kappa shape index (κ1) is 16.5. The van der Waals surface area contributed by atoms with Crippen LogP contribution in [0.1, 0.15) is 44.2 Å². The number of hydrogen-bond acceptors (Lipinski definition) is 2. The van der Waals surface area contributed by atoms with Crippen molar-refractivity contribution in [2.75, 3.05) is 6.61 Å². The van der Waals surface area contributed by atoms with E-state index in [1.54, 1.807) is 6.07 Å². The number of nitrogens with zero attached hydrogens (tertiary/aromatic N) is 1. The van der Waals surface area contributed by atoms with Crippen LogP contribution in [0, 0.1) is 11.3 Å². The van der Waals surface area contributed by atoms with E-state index in [4.69, 9.17) is 38.7 Å². The lowest BCUT2D eigenvalue weighted by atomic mass is 9.46. The molecule has 24 heavy (non-hydrogen) atoms. The number of rotatable bonds is 3. The second-order valence-electron chi connectivity index (χ2n) is 7.32. The summed E-state index contributed by atoms with van der Waals surface area (Å²) in [5.74, 6) is 1.04. The Labute approximate surface area is 152 Å². The molecule has 1 aromatic carbocycles. The summed E-state index contributed by atoms with van der Waals surface area (Å²) < 4.78 is 5.94. The Morgan fingerprint density at radius 1 is 1.42 bits per heavy atom. The van der Waals surface area contributed by atoms with Crippen molar-refractivity contribution in [2.24, 2.45) is 22.1 Å². The summed E-state index contributed by atoms with van der Waals surface area (Å²) in [4.78, 5) is 4.85. The maximum Gasteiger partial charge on any atom is 0.189 e. The Balaban J connectivity index is 1.47. The maximum atomic E-state index is 6.28. The molecule has 4 atom stereocenters. The van der Waals surface area contributed by atoms with E-state index >= 15 is 0 Å². The van der Waals surface area contributed by atoms with Crippen LogP contribution in [0.15, 0.2) is 23.2 Å². The van der Waals surface area contributed by atoms with Gasteiger partial charge in [-0.05, 0) is 43.9 Å². The van der Waals surface area contributed by atoms with Crippen LogP contribution < -0.4 is 11.1 Å². The lowest BCUT2D eigenvalue weighted by Crippen LogP contribution is -2.66. The lowest BCUT2D eigenvalue weighted by molar-refractivity contribution is -0.164. The molecule has 3 fully saturated rings. The third kappa shape index (κ3) is 2.51. The number of benzene rings is 1. The van der Waals surface area contributed by atoms with E-state index < -0.39 is 0 Å². The summed E-state index contributed by atoms with van der Waals surface area (Å²) in [6.45, 7) is 2.89. The number of aliphatic imine (C=N–C) groups is 1. The number of halogens is 2. The molecule has 1 saturated heterocycles. The number of hydrogen-bond donors (Lipinski definition) is 2. The van der Waals surface area contributed by atoms with Crippen LogP contribution in [0.3, 0.4) is 0 Å². The molecular weight excluding hydrogens is 345 g/mol. The Kier molecular flexibility index (Phi) is 4.18. The molecule has 130 valence electrons. The van der Waals surface area contributed by atoms with Crippen molar-refractivity contribution < 1.29 is 4.74 Å². The first-order valence-corrected chi connectivity index (χ1v) is 9.43. The molecule has 0 bridgehead atoms. The van der Waals surface area contributed by atoms with E-state index in [2.05, 4.69) is 5.32 Å². The van der Waals surface area contributed by atoms with E-state index in [-0.39, 0.29) is 11.5 Å². The summed E-state index contributed by atoms with van der Waals surface area (Å²) >= 11 is 12.2. The molecule has 2 aliphatic carbocycles. The van der Waals surface area contributed by atoms with Gasteiger partial charge in [-0.25, -0.2) is 4.99 Å². The van der Waals surface area contributed by atoms with Crippen LogP contribution in [-0.4, -0.2) is 24.7 Å². The fourth-order valence-electron chi connectivity index (χ4n) is 4.73. The Bertz CT molecular complexity index is 674. The van der Waals surface area contributed by atoms with Gasteiger partial charge < -0.3 is 15.8 Å². The zero-order valence-corrected chi connectivity index (χ0v) is 15.3. The smallest absolute Gasteiger partial charge is 0.189 e. The highest BCUT2D eigenvalue weighted by Crippen LogP contribution is 2.64. The van der Waals surface area contributed by atoms with Gasteiger partial charge in [-0.3, -0.25) is 0 Å². The van der Waals surface area contributed by atoms with Gasteiger partial charge in [-0.2, -0.15) is 0 Å². The van der Waals surface area contributed by atoms with Crippen molar-refractivity contribution >= 4 is 29.2 Å². The number of nitrogens with one attached hydrogen (secondary N) is 1. The predicted octanol–water partition coefficient (Wildman–Crippen LogP) is 3.92. The van der Waals surface area contributed by atoms with Gasteiger partial charge in [0, 0.05) is 28.0 Å². The van der Waals surface area contributed by atoms with Gasteiger partial charge in [-0.15, -0.1) is 0 Å². The molecule has 3 aliphatic rings. The number of guanidine groups is 1. The summed E-state index contributed by atoms with van der Waals surface area (Å²) in [6, 6.07) is 5.79. The van der Waals surface area contributed by atoms with Crippen LogP contribution >= 0.6 is 23.2 Å². The summed E-state index contributed by atoms with van der Waals surface area (Å²) in [7, 11) is 0. The molecule has 3 N–H and O–H groups in total. The predicted molar refractivity (Wildman–Crippen MR) is 97.6 cm³/mol. The lowest BCUT2D eigenvalue weighted by Gasteiger charge is -2.61.